The summed E-state index contributed by atoms with van der Waals surface area (Å²) in [5.74, 6) is -0.0626. The molecule has 1 aromatic carbocycles. The van der Waals surface area contributed by atoms with E-state index in [0.717, 1.165) is 43.6 Å². The van der Waals surface area contributed by atoms with Crippen LogP contribution in [0.5, 0.6) is 5.75 Å². The Morgan fingerprint density at radius 1 is 1.27 bits per heavy atom. The average molecular weight is 307 g/mol. The van der Waals surface area contributed by atoms with Crippen LogP contribution in [0.25, 0.3) is 0 Å². The molecule has 5 nitrogen and oxygen atoms in total. The Kier molecular flexibility index (Phi) is 5.80. The standard InChI is InChI=1S/C17H25NO4/c1-12-7-15(8-13(2)17(12)21)9-18-5-3-14(4-6-18)10-22-11-16(19)20/h7-8,14,21H,3-6,9-11H2,1-2H3,(H,19,20). The van der Waals surface area contributed by atoms with Gasteiger partial charge in [-0.1, -0.05) is 12.1 Å². The van der Waals surface area contributed by atoms with E-state index in [2.05, 4.69) is 4.90 Å². The molecule has 1 aliphatic rings. The summed E-state index contributed by atoms with van der Waals surface area (Å²) in [4.78, 5) is 12.8. The summed E-state index contributed by atoms with van der Waals surface area (Å²) in [7, 11) is 0. The van der Waals surface area contributed by atoms with Crippen molar-refractivity contribution in [3.63, 3.8) is 0 Å². The van der Waals surface area contributed by atoms with E-state index in [4.69, 9.17) is 9.84 Å². The van der Waals surface area contributed by atoms with Gasteiger partial charge in [-0.05, 0) is 62.4 Å². The van der Waals surface area contributed by atoms with Gasteiger partial charge in [-0.15, -0.1) is 0 Å². The van der Waals surface area contributed by atoms with E-state index < -0.39 is 5.97 Å². The number of phenolic OH excluding ortho intramolecular Hbond substituents is 1. The van der Waals surface area contributed by atoms with Crippen LogP contribution in [0.15, 0.2) is 12.1 Å². The fourth-order valence-electron chi connectivity index (χ4n) is 3.02. The molecule has 0 aliphatic carbocycles. The number of carbonyl (C=O) groups is 1. The summed E-state index contributed by atoms with van der Waals surface area (Å²) < 4.78 is 5.19. The minimum absolute atomic E-state index is 0.202. The lowest BCUT2D eigenvalue weighted by Gasteiger charge is -2.31. The van der Waals surface area contributed by atoms with Crippen LogP contribution in [-0.2, 0) is 16.1 Å². The van der Waals surface area contributed by atoms with Crippen LogP contribution in [0.2, 0.25) is 0 Å². The molecule has 0 unspecified atom stereocenters. The Labute approximate surface area is 131 Å². The van der Waals surface area contributed by atoms with Gasteiger partial charge in [0.15, 0.2) is 0 Å². The van der Waals surface area contributed by atoms with Crippen molar-refractivity contribution in [3.8, 4) is 5.75 Å². The normalized spacial score (nSPS) is 16.8. The van der Waals surface area contributed by atoms with E-state index in [0.29, 0.717) is 18.3 Å². The van der Waals surface area contributed by atoms with E-state index in [-0.39, 0.29) is 6.61 Å². The van der Waals surface area contributed by atoms with Gasteiger partial charge in [-0.2, -0.15) is 0 Å². The van der Waals surface area contributed by atoms with Crippen molar-refractivity contribution in [1.29, 1.82) is 0 Å². The quantitative estimate of drug-likeness (QED) is 0.844. The van der Waals surface area contributed by atoms with Gasteiger partial charge in [0.2, 0.25) is 0 Å². The maximum Gasteiger partial charge on any atom is 0.329 e. The molecule has 1 saturated heterocycles. The number of aromatic hydroxyl groups is 1. The molecule has 1 aliphatic heterocycles. The SMILES string of the molecule is Cc1cc(CN2CCC(COCC(=O)O)CC2)cc(C)c1O. The van der Waals surface area contributed by atoms with Crippen LogP contribution < -0.4 is 0 Å². The van der Waals surface area contributed by atoms with Crippen molar-refractivity contribution in [2.45, 2.75) is 33.2 Å². The fourth-order valence-corrected chi connectivity index (χ4v) is 3.02. The van der Waals surface area contributed by atoms with Gasteiger partial charge in [0.05, 0.1) is 6.61 Å². The Morgan fingerprint density at radius 3 is 2.41 bits per heavy atom. The number of piperidine rings is 1. The lowest BCUT2D eigenvalue weighted by atomic mass is 9.97. The Morgan fingerprint density at radius 2 is 1.86 bits per heavy atom. The van der Waals surface area contributed by atoms with Gasteiger partial charge in [-0.3, -0.25) is 4.90 Å². The van der Waals surface area contributed by atoms with E-state index in [9.17, 15) is 9.90 Å². The highest BCUT2D eigenvalue weighted by Gasteiger charge is 2.20. The molecule has 122 valence electrons. The van der Waals surface area contributed by atoms with Crippen molar-refractivity contribution in [2.75, 3.05) is 26.3 Å². The first-order valence-corrected chi connectivity index (χ1v) is 7.76. The number of carboxylic acids is 1. The van der Waals surface area contributed by atoms with Crippen LogP contribution in [0.1, 0.15) is 29.5 Å². The molecule has 2 N–H and O–H groups in total. The molecular formula is C17H25NO4. The molecule has 1 heterocycles. The fraction of sp³-hybridized carbons (Fsp3) is 0.588. The van der Waals surface area contributed by atoms with Crippen LogP contribution in [0, 0.1) is 19.8 Å². The highest BCUT2D eigenvalue weighted by Crippen LogP contribution is 2.25. The smallest absolute Gasteiger partial charge is 0.329 e. The first-order valence-electron chi connectivity index (χ1n) is 7.76. The largest absolute Gasteiger partial charge is 0.507 e. The number of ether oxygens (including phenoxy) is 1. The number of aryl methyl sites for hydroxylation is 2. The molecule has 0 aromatic heterocycles. The lowest BCUT2D eigenvalue weighted by Crippen LogP contribution is -2.34. The number of aliphatic carboxylic acids is 1. The van der Waals surface area contributed by atoms with Gasteiger partial charge in [0, 0.05) is 6.54 Å². The number of hydrogen-bond acceptors (Lipinski definition) is 4. The zero-order valence-corrected chi connectivity index (χ0v) is 13.3. The van der Waals surface area contributed by atoms with Crippen molar-refractivity contribution < 1.29 is 19.7 Å². The van der Waals surface area contributed by atoms with E-state index in [1.807, 2.05) is 26.0 Å². The Balaban J connectivity index is 1.79. The zero-order valence-electron chi connectivity index (χ0n) is 13.3. The minimum atomic E-state index is -0.907. The molecule has 0 radical (unpaired) electrons. The predicted molar refractivity (Wildman–Crippen MR) is 84.0 cm³/mol. The summed E-state index contributed by atoms with van der Waals surface area (Å²) in [6, 6.07) is 4.09. The van der Waals surface area contributed by atoms with Crippen molar-refractivity contribution >= 4 is 5.97 Å². The minimum Gasteiger partial charge on any atom is -0.507 e. The molecule has 0 spiro atoms. The number of phenols is 1. The third-order valence-corrected chi connectivity index (χ3v) is 4.24. The lowest BCUT2D eigenvalue weighted by molar-refractivity contribution is -0.142. The van der Waals surface area contributed by atoms with Gasteiger partial charge in [0.25, 0.3) is 0 Å². The van der Waals surface area contributed by atoms with E-state index in [1.54, 1.807) is 0 Å². The molecule has 22 heavy (non-hydrogen) atoms. The van der Waals surface area contributed by atoms with Crippen LogP contribution in [-0.4, -0.2) is 47.4 Å². The third kappa shape index (κ3) is 4.71. The summed E-state index contributed by atoms with van der Waals surface area (Å²) in [6.45, 7) is 7.09. The second-order valence-corrected chi connectivity index (χ2v) is 6.21. The summed E-state index contributed by atoms with van der Waals surface area (Å²) in [5, 5.41) is 18.4. The molecule has 2 rings (SSSR count). The molecule has 0 saturated carbocycles. The Hall–Kier alpha value is -1.59. The summed E-state index contributed by atoms with van der Waals surface area (Å²) >= 11 is 0. The molecule has 1 aromatic rings. The number of rotatable bonds is 6. The molecule has 5 heteroatoms. The topological polar surface area (TPSA) is 70.0 Å². The Bertz CT molecular complexity index is 498. The van der Waals surface area contributed by atoms with E-state index in [1.165, 1.54) is 5.56 Å². The average Bonchev–Trinajstić information content (AvgIpc) is 2.46. The van der Waals surface area contributed by atoms with Crippen molar-refractivity contribution in [2.24, 2.45) is 5.92 Å². The monoisotopic (exact) mass is 307 g/mol. The molecule has 1 fully saturated rings. The highest BCUT2D eigenvalue weighted by molar-refractivity contribution is 5.67. The first-order chi connectivity index (χ1) is 10.5. The number of hydrogen-bond donors (Lipinski definition) is 2. The van der Waals surface area contributed by atoms with Gasteiger partial charge in [-0.25, -0.2) is 4.79 Å². The number of nitrogens with zero attached hydrogens (tertiary/aromatic N) is 1. The first kappa shape index (κ1) is 16.8. The highest BCUT2D eigenvalue weighted by atomic mass is 16.5. The van der Waals surface area contributed by atoms with Gasteiger partial charge in [0.1, 0.15) is 12.4 Å². The van der Waals surface area contributed by atoms with Gasteiger partial charge >= 0.3 is 5.97 Å². The van der Waals surface area contributed by atoms with Crippen LogP contribution >= 0.6 is 0 Å². The summed E-state index contributed by atoms with van der Waals surface area (Å²) in [5.41, 5.74) is 3.08. The molecule has 0 atom stereocenters. The van der Waals surface area contributed by atoms with Crippen LogP contribution in [0.4, 0.5) is 0 Å². The molecule has 0 amide bonds. The van der Waals surface area contributed by atoms with Crippen molar-refractivity contribution in [1.82, 2.24) is 4.90 Å². The second kappa shape index (κ2) is 7.61. The number of benzene rings is 1. The summed E-state index contributed by atoms with van der Waals surface area (Å²) in [6.07, 6.45) is 2.07. The number of carboxylic acid groups (broad SMARTS) is 1. The molecule has 0 bridgehead atoms. The zero-order chi connectivity index (χ0) is 16.1. The van der Waals surface area contributed by atoms with Crippen molar-refractivity contribution in [3.05, 3.63) is 28.8 Å². The second-order valence-electron chi connectivity index (χ2n) is 6.21. The maximum absolute atomic E-state index is 10.4. The van der Waals surface area contributed by atoms with Crippen LogP contribution in [0.3, 0.4) is 0 Å². The molecular weight excluding hydrogens is 282 g/mol. The third-order valence-electron chi connectivity index (χ3n) is 4.24. The van der Waals surface area contributed by atoms with Gasteiger partial charge < -0.3 is 14.9 Å². The number of likely N-dealkylation sites (tertiary alicyclic amines) is 1. The maximum atomic E-state index is 10.4. The van der Waals surface area contributed by atoms with E-state index >= 15 is 0 Å². The predicted octanol–water partition coefficient (Wildman–Crippen LogP) is 2.32.